The molecule has 5 rings (SSSR count). The lowest BCUT2D eigenvalue weighted by Gasteiger charge is -2.20. The third kappa shape index (κ3) is 2.44. The lowest BCUT2D eigenvalue weighted by Crippen LogP contribution is -2.27. The third-order valence-corrected chi connectivity index (χ3v) is 5.17. The Bertz CT molecular complexity index is 1250. The number of rotatable bonds is 0. The fourth-order valence-electron chi connectivity index (χ4n) is 4.09. The molecule has 2 heterocycles. The van der Waals surface area contributed by atoms with Crippen LogP contribution in [0.25, 0.3) is 27.4 Å². The number of hydrogen-bond acceptors (Lipinski definition) is 3. The molecule has 0 amide bonds. The van der Waals surface area contributed by atoms with Crippen LogP contribution < -0.4 is 0 Å². The summed E-state index contributed by atoms with van der Waals surface area (Å²) in [5, 5.41) is 2.10. The maximum absolute atomic E-state index is 13.1. The van der Waals surface area contributed by atoms with Crippen LogP contribution in [-0.2, 0) is 4.74 Å². The number of aromatic nitrogens is 1. The van der Waals surface area contributed by atoms with Gasteiger partial charge in [0, 0.05) is 21.9 Å². The first kappa shape index (κ1) is 17.0. The van der Waals surface area contributed by atoms with E-state index in [9.17, 15) is 4.79 Å². The molecular formula is C24H22N2O2. The predicted octanol–water partition coefficient (Wildman–Crippen LogP) is 6.25. The summed E-state index contributed by atoms with van der Waals surface area (Å²) in [5.74, 6) is 0.356. The van der Waals surface area contributed by atoms with Gasteiger partial charge < -0.3 is 4.74 Å². The molecule has 4 heteroatoms. The van der Waals surface area contributed by atoms with E-state index in [1.54, 1.807) is 4.57 Å². The highest BCUT2D eigenvalue weighted by molar-refractivity contribution is 6.38. The lowest BCUT2D eigenvalue weighted by molar-refractivity contribution is 0.0551. The van der Waals surface area contributed by atoms with Crippen molar-refractivity contribution >= 4 is 44.9 Å². The molecule has 1 aliphatic carbocycles. The topological polar surface area (TPSA) is 43.6 Å². The van der Waals surface area contributed by atoms with Gasteiger partial charge in [-0.15, -0.1) is 0 Å². The molecule has 0 fully saturated rings. The SMILES string of the molecule is CC1C=CC2=Nc3ccc4c(c3C2=C1)c1ccccc1n4C(=O)OC(C)(C)C. The monoisotopic (exact) mass is 370 g/mol. The van der Waals surface area contributed by atoms with Gasteiger partial charge in [0.25, 0.3) is 0 Å². The van der Waals surface area contributed by atoms with Crippen LogP contribution in [0.3, 0.4) is 0 Å². The molecule has 1 atom stereocenters. The lowest BCUT2D eigenvalue weighted by atomic mass is 9.91. The maximum atomic E-state index is 13.1. The van der Waals surface area contributed by atoms with Crippen molar-refractivity contribution in [3.63, 3.8) is 0 Å². The van der Waals surface area contributed by atoms with Crippen molar-refractivity contribution in [1.82, 2.24) is 4.57 Å². The largest absolute Gasteiger partial charge is 0.443 e. The Morgan fingerprint density at radius 2 is 1.89 bits per heavy atom. The zero-order valence-electron chi connectivity index (χ0n) is 16.5. The van der Waals surface area contributed by atoms with E-state index in [0.717, 1.165) is 44.3 Å². The number of hydrogen-bond donors (Lipinski definition) is 0. The maximum Gasteiger partial charge on any atom is 0.419 e. The van der Waals surface area contributed by atoms with Crippen molar-refractivity contribution in [2.45, 2.75) is 33.3 Å². The van der Waals surface area contributed by atoms with Gasteiger partial charge in [-0.3, -0.25) is 0 Å². The van der Waals surface area contributed by atoms with Crippen molar-refractivity contribution in [3.05, 3.63) is 60.2 Å². The van der Waals surface area contributed by atoms with E-state index in [1.807, 2.05) is 51.1 Å². The second-order valence-electron chi connectivity index (χ2n) is 8.48. The highest BCUT2D eigenvalue weighted by Crippen LogP contribution is 2.45. The molecule has 1 aromatic heterocycles. The molecule has 3 aromatic rings. The summed E-state index contributed by atoms with van der Waals surface area (Å²) in [7, 11) is 0. The summed E-state index contributed by atoms with van der Waals surface area (Å²) < 4.78 is 7.40. The number of nitrogens with zero attached hydrogens (tertiary/aromatic N) is 2. The molecular weight excluding hydrogens is 348 g/mol. The zero-order valence-corrected chi connectivity index (χ0v) is 16.5. The summed E-state index contributed by atoms with van der Waals surface area (Å²) in [6, 6.07) is 12.0. The van der Waals surface area contributed by atoms with E-state index in [-0.39, 0.29) is 6.09 Å². The second-order valence-corrected chi connectivity index (χ2v) is 8.48. The van der Waals surface area contributed by atoms with E-state index in [0.29, 0.717) is 5.92 Å². The highest BCUT2D eigenvalue weighted by Gasteiger charge is 2.29. The first-order valence-electron chi connectivity index (χ1n) is 9.62. The summed E-state index contributed by atoms with van der Waals surface area (Å²) in [5.41, 5.74) is 5.37. The molecule has 0 radical (unpaired) electrons. The van der Waals surface area contributed by atoms with Gasteiger partial charge >= 0.3 is 6.09 Å². The molecule has 0 saturated carbocycles. The fraction of sp³-hybridized carbons (Fsp3) is 0.250. The van der Waals surface area contributed by atoms with Crippen LogP contribution in [0.1, 0.15) is 33.3 Å². The Morgan fingerprint density at radius 1 is 1.11 bits per heavy atom. The van der Waals surface area contributed by atoms with Crippen LogP contribution >= 0.6 is 0 Å². The van der Waals surface area contributed by atoms with Crippen molar-refractivity contribution in [2.75, 3.05) is 0 Å². The summed E-state index contributed by atoms with van der Waals surface area (Å²) in [6.07, 6.45) is 6.15. The fourth-order valence-corrected chi connectivity index (χ4v) is 4.09. The molecule has 2 aromatic carbocycles. The summed E-state index contributed by atoms with van der Waals surface area (Å²) >= 11 is 0. The van der Waals surface area contributed by atoms with Crippen molar-refractivity contribution < 1.29 is 9.53 Å². The Labute approximate surface area is 163 Å². The van der Waals surface area contributed by atoms with Gasteiger partial charge in [-0.25, -0.2) is 14.4 Å². The predicted molar refractivity (Wildman–Crippen MR) is 114 cm³/mol. The molecule has 1 aliphatic heterocycles. The van der Waals surface area contributed by atoms with Gasteiger partial charge in [-0.2, -0.15) is 0 Å². The zero-order chi connectivity index (χ0) is 19.6. The highest BCUT2D eigenvalue weighted by atomic mass is 16.6. The quantitative estimate of drug-likeness (QED) is 0.469. The standard InChI is InChI=1S/C24H22N2O2/c1-14-9-10-17-16(13-14)21-18(25-17)11-12-20-22(21)15-7-5-6-8-19(15)26(20)23(27)28-24(2,3)4/h5-14H,1-4H3. The van der Waals surface area contributed by atoms with Gasteiger partial charge in [0.1, 0.15) is 5.60 Å². The molecule has 2 aliphatic rings. The molecule has 4 nitrogen and oxygen atoms in total. The molecule has 0 saturated heterocycles. The van der Waals surface area contributed by atoms with Crippen molar-refractivity contribution in [3.8, 4) is 0 Å². The first-order chi connectivity index (χ1) is 13.3. The molecule has 140 valence electrons. The average molecular weight is 370 g/mol. The summed E-state index contributed by atoms with van der Waals surface area (Å²) in [4.78, 5) is 17.9. The first-order valence-corrected chi connectivity index (χ1v) is 9.62. The number of carbonyl (C=O) groups excluding carboxylic acids is 1. The van der Waals surface area contributed by atoms with Crippen molar-refractivity contribution in [1.29, 1.82) is 0 Å². The summed E-state index contributed by atoms with van der Waals surface area (Å²) in [6.45, 7) is 7.83. The van der Waals surface area contributed by atoms with E-state index >= 15 is 0 Å². The molecule has 0 bridgehead atoms. The Morgan fingerprint density at radius 3 is 2.68 bits per heavy atom. The number of carbonyl (C=O) groups is 1. The van der Waals surface area contributed by atoms with Crippen LogP contribution in [0, 0.1) is 5.92 Å². The van der Waals surface area contributed by atoms with Crippen LogP contribution in [0.15, 0.2) is 59.6 Å². The van der Waals surface area contributed by atoms with Crippen LogP contribution in [0.2, 0.25) is 0 Å². The number of allylic oxidation sites excluding steroid dienone is 4. The Hall–Kier alpha value is -3.14. The average Bonchev–Trinajstić information content (AvgIpc) is 3.15. The number of fused-ring (bicyclic) bond motifs is 7. The normalized spacial score (nSPS) is 18.1. The van der Waals surface area contributed by atoms with Gasteiger partial charge in [0.2, 0.25) is 0 Å². The number of para-hydroxylation sites is 1. The van der Waals surface area contributed by atoms with Crippen molar-refractivity contribution in [2.24, 2.45) is 10.9 Å². The molecule has 0 spiro atoms. The van der Waals surface area contributed by atoms with Gasteiger partial charge in [-0.1, -0.05) is 37.3 Å². The number of benzene rings is 2. The van der Waals surface area contributed by atoms with Crippen LogP contribution in [0.4, 0.5) is 10.5 Å². The minimum absolute atomic E-state index is 0.356. The Kier molecular flexibility index (Phi) is 3.45. The third-order valence-electron chi connectivity index (χ3n) is 5.17. The van der Waals surface area contributed by atoms with E-state index in [2.05, 4.69) is 31.2 Å². The molecule has 0 N–H and O–H groups in total. The van der Waals surface area contributed by atoms with Crippen LogP contribution in [-0.4, -0.2) is 22.0 Å². The van der Waals surface area contributed by atoms with Gasteiger partial charge in [0.05, 0.1) is 22.4 Å². The molecule has 1 unspecified atom stereocenters. The van der Waals surface area contributed by atoms with E-state index in [1.165, 1.54) is 0 Å². The minimum atomic E-state index is -0.562. The van der Waals surface area contributed by atoms with Crippen LogP contribution in [0.5, 0.6) is 0 Å². The minimum Gasteiger partial charge on any atom is -0.443 e. The van der Waals surface area contributed by atoms with Gasteiger partial charge in [0.15, 0.2) is 0 Å². The smallest absolute Gasteiger partial charge is 0.419 e. The molecule has 28 heavy (non-hydrogen) atoms. The number of aliphatic imine (C=N–C) groups is 1. The van der Waals surface area contributed by atoms with E-state index < -0.39 is 5.60 Å². The van der Waals surface area contributed by atoms with E-state index in [4.69, 9.17) is 9.73 Å². The van der Waals surface area contributed by atoms with Gasteiger partial charge in [-0.05, 0) is 51.0 Å². The Balaban J connectivity index is 1.84. The second kappa shape index (κ2) is 5.68. The number of ether oxygens (including phenoxy) is 1.